The summed E-state index contributed by atoms with van der Waals surface area (Å²) in [5.41, 5.74) is 1.79. The molecule has 3 heterocycles. The highest BCUT2D eigenvalue weighted by molar-refractivity contribution is 6.04. The van der Waals surface area contributed by atoms with Gasteiger partial charge in [0.25, 0.3) is 11.5 Å². The Hall–Kier alpha value is -5.78. The van der Waals surface area contributed by atoms with Gasteiger partial charge >= 0.3 is 0 Å². The molecule has 2 N–H and O–H groups in total. The monoisotopic (exact) mass is 582 g/mol. The largest absolute Gasteiger partial charge is 0.479 e. The number of halogens is 2. The molecular formula is C31H24F2N6O4. The van der Waals surface area contributed by atoms with Crippen LogP contribution < -0.4 is 20.3 Å². The van der Waals surface area contributed by atoms with Gasteiger partial charge in [0, 0.05) is 41.5 Å². The van der Waals surface area contributed by atoms with E-state index in [4.69, 9.17) is 9.47 Å². The van der Waals surface area contributed by atoms with Gasteiger partial charge in [-0.25, -0.2) is 13.3 Å². The van der Waals surface area contributed by atoms with Gasteiger partial charge in [0.2, 0.25) is 5.88 Å². The van der Waals surface area contributed by atoms with Gasteiger partial charge in [-0.1, -0.05) is 0 Å². The highest BCUT2D eigenvalue weighted by atomic mass is 19.1. The Bertz CT molecular complexity index is 2020. The smallest absolute Gasteiger partial charge is 0.270 e. The van der Waals surface area contributed by atoms with Gasteiger partial charge in [0.1, 0.15) is 17.1 Å². The van der Waals surface area contributed by atoms with Crippen molar-refractivity contribution in [1.82, 2.24) is 24.5 Å². The Labute approximate surface area is 243 Å². The first-order chi connectivity index (χ1) is 20.8. The number of benzene rings is 3. The number of hydrogen-bond acceptors (Lipinski definition) is 6. The third kappa shape index (κ3) is 5.33. The lowest BCUT2D eigenvalue weighted by Gasteiger charge is -2.15. The number of aromatic amines is 1. The zero-order chi connectivity index (χ0) is 30.1. The van der Waals surface area contributed by atoms with Crippen molar-refractivity contribution in [2.75, 3.05) is 11.9 Å². The van der Waals surface area contributed by atoms with E-state index in [2.05, 4.69) is 20.6 Å². The quantitative estimate of drug-likeness (QED) is 0.233. The topological polar surface area (TPSA) is 116 Å². The second-order valence-electron chi connectivity index (χ2n) is 9.50. The number of carbonyl (C=O) groups excluding carboxylic acids is 1. The van der Waals surface area contributed by atoms with Crippen LogP contribution in [0.2, 0.25) is 0 Å². The molecule has 0 bridgehead atoms. The lowest BCUT2D eigenvalue weighted by molar-refractivity contribution is 0.102. The first-order valence-electron chi connectivity index (χ1n) is 13.2. The number of nitrogens with one attached hydrogen (secondary N) is 2. The van der Waals surface area contributed by atoms with E-state index in [1.54, 1.807) is 36.3 Å². The molecular weight excluding hydrogens is 558 g/mol. The molecule has 10 nitrogen and oxygen atoms in total. The van der Waals surface area contributed by atoms with Crippen LogP contribution in [0.3, 0.4) is 0 Å². The molecule has 0 fully saturated rings. The highest BCUT2D eigenvalue weighted by Gasteiger charge is 2.19. The number of carbonyl (C=O) groups is 1. The first-order valence-corrected chi connectivity index (χ1v) is 13.2. The molecule has 6 rings (SSSR count). The molecule has 0 saturated carbocycles. The molecule has 0 aliphatic heterocycles. The van der Waals surface area contributed by atoms with Gasteiger partial charge in [-0.05, 0) is 67.6 Å². The van der Waals surface area contributed by atoms with E-state index in [-0.39, 0.29) is 29.5 Å². The number of ether oxygens (including phenoxy) is 2. The van der Waals surface area contributed by atoms with E-state index in [0.717, 1.165) is 22.5 Å². The van der Waals surface area contributed by atoms with Crippen molar-refractivity contribution in [3.05, 3.63) is 113 Å². The normalized spacial score (nSPS) is 11.1. The predicted molar refractivity (Wildman–Crippen MR) is 156 cm³/mol. The van der Waals surface area contributed by atoms with Crippen LogP contribution in [0.25, 0.3) is 27.7 Å². The van der Waals surface area contributed by atoms with Gasteiger partial charge in [0.05, 0.1) is 30.2 Å². The van der Waals surface area contributed by atoms with Crippen molar-refractivity contribution in [3.8, 4) is 34.2 Å². The molecule has 12 heteroatoms. The van der Waals surface area contributed by atoms with Crippen molar-refractivity contribution in [2.24, 2.45) is 7.05 Å². The summed E-state index contributed by atoms with van der Waals surface area (Å²) >= 11 is 0. The summed E-state index contributed by atoms with van der Waals surface area (Å²) in [5, 5.41) is 14.4. The number of nitrogens with zero attached hydrogens (tertiary/aromatic N) is 4. The molecule has 1 amide bonds. The molecule has 0 spiro atoms. The van der Waals surface area contributed by atoms with Crippen molar-refractivity contribution in [3.63, 3.8) is 0 Å². The molecule has 0 aliphatic rings. The molecule has 3 aromatic carbocycles. The second kappa shape index (κ2) is 11.2. The van der Waals surface area contributed by atoms with E-state index in [1.807, 2.05) is 13.1 Å². The van der Waals surface area contributed by atoms with E-state index < -0.39 is 23.1 Å². The number of hydrogen-bond donors (Lipinski definition) is 2. The maximum atomic E-state index is 15.3. The number of aryl methyl sites for hydroxylation is 1. The third-order valence-electron chi connectivity index (χ3n) is 6.73. The predicted octanol–water partition coefficient (Wildman–Crippen LogP) is 5.84. The average Bonchev–Trinajstić information content (AvgIpc) is 3.65. The fraction of sp³-hybridized carbons (Fsp3) is 0.0968. The number of rotatable bonds is 8. The number of anilines is 1. The fourth-order valence-electron chi connectivity index (χ4n) is 4.65. The van der Waals surface area contributed by atoms with E-state index in [9.17, 15) is 14.0 Å². The molecule has 3 aromatic heterocycles. The van der Waals surface area contributed by atoms with Crippen molar-refractivity contribution >= 4 is 22.5 Å². The lowest BCUT2D eigenvalue weighted by atomic mass is 10.1. The minimum absolute atomic E-state index is 0.0780. The average molecular weight is 583 g/mol. The van der Waals surface area contributed by atoms with Gasteiger partial charge in [0.15, 0.2) is 11.6 Å². The molecule has 0 saturated heterocycles. The standard InChI is InChI=1S/C31H24F2N6O4/c1-3-42-29-11-9-23(31(41)39(29)22-7-4-20(32)5-8-22)30(40)37-21-6-10-27(25(33)13-21)43-28-12-18-17-36-38(2)26(18)14-24(28)19-15-34-35-16-19/h4-17H,3H2,1-2H3,(H,34,35)(H,37,40). The Morgan fingerprint density at radius 2 is 1.81 bits per heavy atom. The SMILES string of the molecule is CCOc1ccc(C(=O)Nc2ccc(Oc3cc4cnn(C)c4cc3-c3cn[nH]c3)c(F)c2)c(=O)n1-c1ccc(F)cc1. The minimum Gasteiger partial charge on any atom is -0.479 e. The Morgan fingerprint density at radius 1 is 1.00 bits per heavy atom. The van der Waals surface area contributed by atoms with E-state index in [0.29, 0.717) is 17.0 Å². The van der Waals surface area contributed by atoms with Crippen LogP contribution in [0.4, 0.5) is 14.5 Å². The Morgan fingerprint density at radius 3 is 2.53 bits per heavy atom. The number of aromatic nitrogens is 5. The molecule has 0 atom stereocenters. The van der Waals surface area contributed by atoms with Gasteiger partial charge < -0.3 is 14.8 Å². The van der Waals surface area contributed by atoms with Crippen LogP contribution in [0, 0.1) is 11.6 Å². The van der Waals surface area contributed by atoms with Crippen LogP contribution in [-0.4, -0.2) is 37.1 Å². The van der Waals surface area contributed by atoms with Crippen LogP contribution in [-0.2, 0) is 7.05 Å². The van der Waals surface area contributed by atoms with Gasteiger partial charge in [-0.2, -0.15) is 10.2 Å². The first kappa shape index (κ1) is 27.4. The summed E-state index contributed by atoms with van der Waals surface area (Å²) in [5.74, 6) is -1.49. The summed E-state index contributed by atoms with van der Waals surface area (Å²) in [7, 11) is 1.82. The minimum atomic E-state index is -0.763. The number of fused-ring (bicyclic) bond motifs is 1. The zero-order valence-corrected chi connectivity index (χ0v) is 23.0. The zero-order valence-electron chi connectivity index (χ0n) is 23.0. The van der Waals surface area contributed by atoms with Gasteiger partial charge in [-0.15, -0.1) is 0 Å². The maximum Gasteiger partial charge on any atom is 0.270 e. The third-order valence-corrected chi connectivity index (χ3v) is 6.73. The number of pyridine rings is 1. The second-order valence-corrected chi connectivity index (χ2v) is 9.50. The summed E-state index contributed by atoms with van der Waals surface area (Å²) in [6.07, 6.45) is 5.01. The van der Waals surface area contributed by atoms with Crippen LogP contribution in [0.1, 0.15) is 17.3 Å². The summed E-state index contributed by atoms with van der Waals surface area (Å²) in [6, 6.07) is 15.6. The van der Waals surface area contributed by atoms with Crippen molar-refractivity contribution in [2.45, 2.75) is 6.92 Å². The molecule has 0 radical (unpaired) electrons. The van der Waals surface area contributed by atoms with E-state index >= 15 is 4.39 Å². The van der Waals surface area contributed by atoms with Crippen LogP contribution in [0.5, 0.6) is 17.4 Å². The van der Waals surface area contributed by atoms with Crippen molar-refractivity contribution < 1.29 is 23.0 Å². The molecule has 0 unspecified atom stereocenters. The molecule has 216 valence electrons. The van der Waals surface area contributed by atoms with Crippen molar-refractivity contribution in [1.29, 1.82) is 0 Å². The Balaban J connectivity index is 1.28. The Kier molecular flexibility index (Phi) is 7.16. The fourth-order valence-corrected chi connectivity index (χ4v) is 4.65. The number of H-pyrrole nitrogens is 1. The van der Waals surface area contributed by atoms with Crippen LogP contribution in [0.15, 0.2) is 90.1 Å². The summed E-state index contributed by atoms with van der Waals surface area (Å²) in [4.78, 5) is 26.5. The van der Waals surface area contributed by atoms with Crippen LogP contribution >= 0.6 is 0 Å². The summed E-state index contributed by atoms with van der Waals surface area (Å²) in [6.45, 7) is 2.01. The molecule has 43 heavy (non-hydrogen) atoms. The molecule has 6 aromatic rings. The highest BCUT2D eigenvalue weighted by Crippen LogP contribution is 2.37. The maximum absolute atomic E-state index is 15.3. The van der Waals surface area contributed by atoms with E-state index in [1.165, 1.54) is 53.1 Å². The molecule has 0 aliphatic carbocycles. The number of amides is 1. The van der Waals surface area contributed by atoms with Gasteiger partial charge in [-0.3, -0.25) is 19.4 Å². The summed E-state index contributed by atoms with van der Waals surface area (Å²) < 4.78 is 43.2. The lowest BCUT2D eigenvalue weighted by Crippen LogP contribution is -2.29.